The summed E-state index contributed by atoms with van der Waals surface area (Å²) < 4.78 is 0. The van der Waals surface area contributed by atoms with Crippen molar-refractivity contribution in [3.05, 3.63) is 23.8 Å². The molecule has 0 saturated heterocycles. The summed E-state index contributed by atoms with van der Waals surface area (Å²) in [5, 5.41) is 0. The van der Waals surface area contributed by atoms with Crippen molar-refractivity contribution < 1.29 is 0 Å². The number of nitrogens with zero attached hydrogens (tertiary/aromatic N) is 1. The molecule has 1 nitrogen and oxygen atoms in total. The molecule has 1 aliphatic carbocycles. The third-order valence-electron chi connectivity index (χ3n) is 2.64. The molecule has 0 aromatic rings. The Kier molecular flexibility index (Phi) is 1.45. The molecule has 11 heavy (non-hydrogen) atoms. The van der Waals surface area contributed by atoms with Gasteiger partial charge in [0.15, 0.2) is 0 Å². The molecule has 0 N–H and O–H groups in total. The third-order valence-corrected chi connectivity index (χ3v) is 2.64. The largest absolute Gasteiger partial charge is 0.293 e. The quantitative estimate of drug-likeness (QED) is 0.498. The second kappa shape index (κ2) is 2.33. The highest BCUT2D eigenvalue weighted by Crippen LogP contribution is 2.31. The lowest BCUT2D eigenvalue weighted by molar-refractivity contribution is 0.606. The van der Waals surface area contributed by atoms with E-state index in [0.717, 1.165) is 6.54 Å². The zero-order valence-corrected chi connectivity index (χ0v) is 7.04. The standard InChI is InChI=1S/C10H13N/c1-7-4-3-5-9-6-11-8(2)10(7)9/h3-5,9-10H,6H2,1-2H3. The average molecular weight is 147 g/mol. The molecule has 2 atom stereocenters. The minimum absolute atomic E-state index is 0.625. The first-order chi connectivity index (χ1) is 5.29. The van der Waals surface area contributed by atoms with Gasteiger partial charge in [-0.2, -0.15) is 0 Å². The Morgan fingerprint density at radius 1 is 1.45 bits per heavy atom. The second-order valence-corrected chi connectivity index (χ2v) is 3.42. The van der Waals surface area contributed by atoms with Crippen molar-refractivity contribution in [1.29, 1.82) is 0 Å². The first kappa shape index (κ1) is 6.84. The van der Waals surface area contributed by atoms with E-state index in [9.17, 15) is 0 Å². The number of hydrogen-bond donors (Lipinski definition) is 0. The Bertz CT molecular complexity index is 258. The van der Waals surface area contributed by atoms with E-state index in [0.29, 0.717) is 11.8 Å². The first-order valence-electron chi connectivity index (χ1n) is 4.15. The predicted molar refractivity (Wildman–Crippen MR) is 47.9 cm³/mol. The van der Waals surface area contributed by atoms with Gasteiger partial charge in [0.2, 0.25) is 0 Å². The van der Waals surface area contributed by atoms with Gasteiger partial charge in [0, 0.05) is 24.1 Å². The van der Waals surface area contributed by atoms with E-state index >= 15 is 0 Å². The Morgan fingerprint density at radius 2 is 2.27 bits per heavy atom. The molecule has 1 heteroatoms. The van der Waals surface area contributed by atoms with Crippen LogP contribution in [0.5, 0.6) is 0 Å². The third kappa shape index (κ3) is 0.953. The van der Waals surface area contributed by atoms with Gasteiger partial charge in [0.1, 0.15) is 0 Å². The predicted octanol–water partition coefficient (Wildman–Crippen LogP) is 2.21. The molecule has 0 spiro atoms. The van der Waals surface area contributed by atoms with Gasteiger partial charge in [-0.1, -0.05) is 23.8 Å². The summed E-state index contributed by atoms with van der Waals surface area (Å²) in [7, 11) is 0. The summed E-state index contributed by atoms with van der Waals surface area (Å²) in [6, 6.07) is 0. The van der Waals surface area contributed by atoms with E-state index in [1.165, 1.54) is 11.3 Å². The van der Waals surface area contributed by atoms with Crippen LogP contribution in [0.1, 0.15) is 13.8 Å². The number of rotatable bonds is 0. The van der Waals surface area contributed by atoms with Crippen LogP contribution in [0.3, 0.4) is 0 Å². The summed E-state index contributed by atoms with van der Waals surface area (Å²) in [6.45, 7) is 5.34. The highest BCUT2D eigenvalue weighted by atomic mass is 14.8. The van der Waals surface area contributed by atoms with Crippen molar-refractivity contribution in [2.75, 3.05) is 6.54 Å². The maximum atomic E-state index is 4.46. The van der Waals surface area contributed by atoms with E-state index in [4.69, 9.17) is 0 Å². The number of aliphatic imine (C=N–C) groups is 1. The van der Waals surface area contributed by atoms with Gasteiger partial charge in [-0.25, -0.2) is 0 Å². The fourth-order valence-electron chi connectivity index (χ4n) is 2.06. The average Bonchev–Trinajstić information content (AvgIpc) is 2.34. The monoisotopic (exact) mass is 147 g/mol. The van der Waals surface area contributed by atoms with Crippen LogP contribution in [0.25, 0.3) is 0 Å². The van der Waals surface area contributed by atoms with Crippen molar-refractivity contribution in [3.8, 4) is 0 Å². The van der Waals surface area contributed by atoms with E-state index in [-0.39, 0.29) is 0 Å². The normalized spacial score (nSPS) is 34.7. The van der Waals surface area contributed by atoms with E-state index in [2.05, 4.69) is 37.1 Å². The number of fused-ring (bicyclic) bond motifs is 1. The number of hydrogen-bond acceptors (Lipinski definition) is 1. The highest BCUT2D eigenvalue weighted by Gasteiger charge is 2.29. The summed E-state index contributed by atoms with van der Waals surface area (Å²) in [5.41, 5.74) is 2.78. The lowest BCUT2D eigenvalue weighted by Crippen LogP contribution is -2.18. The maximum Gasteiger partial charge on any atom is 0.0461 e. The van der Waals surface area contributed by atoms with Crippen LogP contribution in [0.2, 0.25) is 0 Å². The zero-order chi connectivity index (χ0) is 7.84. The zero-order valence-electron chi connectivity index (χ0n) is 7.04. The van der Waals surface area contributed by atoms with Crippen LogP contribution in [-0.2, 0) is 0 Å². The molecular formula is C10H13N. The smallest absolute Gasteiger partial charge is 0.0461 e. The minimum Gasteiger partial charge on any atom is -0.293 e. The Morgan fingerprint density at radius 3 is 3.00 bits per heavy atom. The molecule has 0 fully saturated rings. The molecule has 0 saturated carbocycles. The molecule has 0 bridgehead atoms. The van der Waals surface area contributed by atoms with Gasteiger partial charge in [-0.15, -0.1) is 0 Å². The van der Waals surface area contributed by atoms with Crippen LogP contribution in [-0.4, -0.2) is 12.3 Å². The first-order valence-corrected chi connectivity index (χ1v) is 4.15. The summed E-state index contributed by atoms with van der Waals surface area (Å²) in [4.78, 5) is 4.46. The van der Waals surface area contributed by atoms with Crippen molar-refractivity contribution in [3.63, 3.8) is 0 Å². The maximum absolute atomic E-state index is 4.46. The molecule has 2 unspecified atom stereocenters. The molecular weight excluding hydrogens is 134 g/mol. The fourth-order valence-corrected chi connectivity index (χ4v) is 2.06. The molecule has 58 valence electrons. The lowest BCUT2D eigenvalue weighted by Gasteiger charge is -2.20. The van der Waals surface area contributed by atoms with Crippen LogP contribution in [0, 0.1) is 11.8 Å². The molecule has 0 amide bonds. The van der Waals surface area contributed by atoms with E-state index < -0.39 is 0 Å². The minimum atomic E-state index is 0.625. The molecule has 2 aliphatic rings. The van der Waals surface area contributed by atoms with Crippen LogP contribution < -0.4 is 0 Å². The SMILES string of the molecule is CC1=CC=CC2CN=C(C)C12. The number of allylic oxidation sites excluding steroid dienone is 3. The summed E-state index contributed by atoms with van der Waals surface area (Å²) in [6.07, 6.45) is 6.63. The molecule has 1 aliphatic heterocycles. The van der Waals surface area contributed by atoms with Crippen molar-refractivity contribution in [2.24, 2.45) is 16.8 Å². The summed E-state index contributed by atoms with van der Waals surface area (Å²) in [5.74, 6) is 1.29. The Hall–Kier alpha value is -0.850. The highest BCUT2D eigenvalue weighted by molar-refractivity contribution is 5.89. The topological polar surface area (TPSA) is 12.4 Å². The van der Waals surface area contributed by atoms with Crippen molar-refractivity contribution >= 4 is 5.71 Å². The summed E-state index contributed by atoms with van der Waals surface area (Å²) >= 11 is 0. The van der Waals surface area contributed by atoms with Crippen molar-refractivity contribution in [1.82, 2.24) is 0 Å². The molecule has 2 rings (SSSR count). The molecule has 0 aromatic carbocycles. The second-order valence-electron chi connectivity index (χ2n) is 3.42. The van der Waals surface area contributed by atoms with E-state index in [1.807, 2.05) is 0 Å². The van der Waals surface area contributed by atoms with Crippen LogP contribution in [0.15, 0.2) is 28.8 Å². The Balaban J connectivity index is 2.33. The van der Waals surface area contributed by atoms with Crippen LogP contribution >= 0.6 is 0 Å². The molecule has 1 heterocycles. The van der Waals surface area contributed by atoms with Gasteiger partial charge in [-0.05, 0) is 13.8 Å². The van der Waals surface area contributed by atoms with Crippen LogP contribution in [0.4, 0.5) is 0 Å². The van der Waals surface area contributed by atoms with Gasteiger partial charge >= 0.3 is 0 Å². The van der Waals surface area contributed by atoms with Gasteiger partial charge in [-0.3, -0.25) is 4.99 Å². The van der Waals surface area contributed by atoms with Gasteiger partial charge in [0.05, 0.1) is 0 Å². The van der Waals surface area contributed by atoms with Crippen molar-refractivity contribution in [2.45, 2.75) is 13.8 Å². The van der Waals surface area contributed by atoms with Gasteiger partial charge in [0.25, 0.3) is 0 Å². The van der Waals surface area contributed by atoms with Gasteiger partial charge < -0.3 is 0 Å². The Labute approximate surface area is 67.5 Å². The molecule has 0 aromatic heterocycles. The fraction of sp³-hybridized carbons (Fsp3) is 0.500. The van der Waals surface area contributed by atoms with E-state index in [1.54, 1.807) is 0 Å². The lowest BCUT2D eigenvalue weighted by atomic mass is 9.82. The molecule has 0 radical (unpaired) electrons.